The lowest BCUT2D eigenvalue weighted by atomic mass is 10.1. The van der Waals surface area contributed by atoms with Crippen LogP contribution in [0.3, 0.4) is 0 Å². The lowest BCUT2D eigenvalue weighted by Crippen LogP contribution is -2.22. The first-order chi connectivity index (χ1) is 9.97. The fourth-order valence-corrected chi connectivity index (χ4v) is 2.54. The Morgan fingerprint density at radius 3 is 2.48 bits per heavy atom. The molecule has 0 bridgehead atoms. The molecule has 21 heavy (non-hydrogen) atoms. The molecular formula is C17H20BrFN2. The van der Waals surface area contributed by atoms with Crippen molar-refractivity contribution < 1.29 is 4.39 Å². The van der Waals surface area contributed by atoms with Gasteiger partial charge in [0.05, 0.1) is 0 Å². The van der Waals surface area contributed by atoms with Crippen molar-refractivity contribution in [1.82, 2.24) is 5.32 Å². The van der Waals surface area contributed by atoms with E-state index in [1.165, 1.54) is 17.7 Å². The second-order valence-corrected chi connectivity index (χ2v) is 6.20. The van der Waals surface area contributed by atoms with Crippen molar-refractivity contribution in [2.75, 3.05) is 11.9 Å². The first-order valence-corrected chi connectivity index (χ1v) is 7.78. The van der Waals surface area contributed by atoms with Crippen LogP contribution in [-0.4, -0.2) is 13.1 Å². The monoisotopic (exact) mass is 350 g/mol. The Bertz CT molecular complexity index is 613. The molecule has 0 aliphatic carbocycles. The second kappa shape index (κ2) is 7.05. The molecule has 2 aromatic rings. The molecule has 0 radical (unpaired) electrons. The van der Waals surface area contributed by atoms with Crippen LogP contribution in [0.5, 0.6) is 0 Å². The summed E-state index contributed by atoms with van der Waals surface area (Å²) in [6, 6.07) is 13.2. The summed E-state index contributed by atoms with van der Waals surface area (Å²) < 4.78 is 14.4. The number of rotatable bonds is 5. The van der Waals surface area contributed by atoms with Crippen molar-refractivity contribution in [2.24, 2.45) is 0 Å². The molecule has 0 saturated heterocycles. The molecule has 4 heteroatoms. The molecule has 0 saturated carbocycles. The van der Waals surface area contributed by atoms with E-state index in [-0.39, 0.29) is 5.82 Å². The van der Waals surface area contributed by atoms with Gasteiger partial charge in [0.1, 0.15) is 5.82 Å². The summed E-state index contributed by atoms with van der Waals surface area (Å²) >= 11 is 3.61. The van der Waals surface area contributed by atoms with E-state index < -0.39 is 0 Å². The Hall–Kier alpha value is -1.39. The molecule has 0 aliphatic heterocycles. The van der Waals surface area contributed by atoms with Crippen LogP contribution in [0.15, 0.2) is 46.9 Å². The number of benzene rings is 2. The van der Waals surface area contributed by atoms with Gasteiger partial charge in [0.25, 0.3) is 0 Å². The topological polar surface area (TPSA) is 15.3 Å². The van der Waals surface area contributed by atoms with Crippen LogP contribution in [0.4, 0.5) is 15.8 Å². The average molecular weight is 351 g/mol. The van der Waals surface area contributed by atoms with E-state index in [4.69, 9.17) is 0 Å². The summed E-state index contributed by atoms with van der Waals surface area (Å²) in [5.74, 6) is -0.226. The van der Waals surface area contributed by atoms with Crippen molar-refractivity contribution in [1.29, 1.82) is 0 Å². The number of nitrogens with zero attached hydrogens (tertiary/aromatic N) is 1. The lowest BCUT2D eigenvalue weighted by Gasteiger charge is -2.21. The average Bonchev–Trinajstić information content (AvgIpc) is 2.45. The number of hydrogen-bond donors (Lipinski definition) is 1. The van der Waals surface area contributed by atoms with Gasteiger partial charge in [0, 0.05) is 35.5 Å². The van der Waals surface area contributed by atoms with Crippen LogP contribution in [0.2, 0.25) is 0 Å². The predicted molar refractivity (Wildman–Crippen MR) is 90.6 cm³/mol. The van der Waals surface area contributed by atoms with Crippen molar-refractivity contribution in [3.05, 3.63) is 58.3 Å². The van der Waals surface area contributed by atoms with E-state index in [0.717, 1.165) is 22.4 Å². The molecule has 0 spiro atoms. The van der Waals surface area contributed by atoms with E-state index >= 15 is 0 Å². The Kier molecular flexibility index (Phi) is 5.37. The van der Waals surface area contributed by atoms with Gasteiger partial charge in [0.15, 0.2) is 0 Å². The molecule has 0 heterocycles. The quantitative estimate of drug-likeness (QED) is 0.828. The molecule has 0 fully saturated rings. The summed E-state index contributed by atoms with van der Waals surface area (Å²) in [6.45, 7) is 5.07. The zero-order chi connectivity index (χ0) is 15.4. The van der Waals surface area contributed by atoms with Crippen LogP contribution >= 0.6 is 15.9 Å². The van der Waals surface area contributed by atoms with E-state index in [2.05, 4.69) is 47.2 Å². The Morgan fingerprint density at radius 2 is 1.86 bits per heavy atom. The summed E-state index contributed by atoms with van der Waals surface area (Å²) in [6.07, 6.45) is 0. The van der Waals surface area contributed by atoms with E-state index in [1.54, 1.807) is 6.07 Å². The molecule has 0 unspecified atom stereocenters. The zero-order valence-electron chi connectivity index (χ0n) is 12.5. The van der Waals surface area contributed by atoms with Crippen molar-refractivity contribution >= 4 is 27.3 Å². The van der Waals surface area contributed by atoms with Crippen LogP contribution in [-0.2, 0) is 6.54 Å². The van der Waals surface area contributed by atoms with Gasteiger partial charge < -0.3 is 10.2 Å². The summed E-state index contributed by atoms with van der Waals surface area (Å²) in [5, 5.41) is 3.40. The van der Waals surface area contributed by atoms with Gasteiger partial charge in [-0.15, -0.1) is 0 Å². The van der Waals surface area contributed by atoms with Crippen LogP contribution < -0.4 is 10.2 Å². The van der Waals surface area contributed by atoms with Gasteiger partial charge in [-0.25, -0.2) is 4.39 Å². The lowest BCUT2D eigenvalue weighted by molar-refractivity contribution is 0.588. The highest BCUT2D eigenvalue weighted by Gasteiger charge is 2.08. The minimum atomic E-state index is -0.226. The summed E-state index contributed by atoms with van der Waals surface area (Å²) in [5.41, 5.74) is 3.05. The van der Waals surface area contributed by atoms with Crippen molar-refractivity contribution in [2.45, 2.75) is 26.4 Å². The second-order valence-electron chi connectivity index (χ2n) is 5.35. The fourth-order valence-electron chi connectivity index (χ4n) is 2.04. The van der Waals surface area contributed by atoms with E-state index in [9.17, 15) is 4.39 Å². The van der Waals surface area contributed by atoms with Crippen LogP contribution in [0.25, 0.3) is 0 Å². The molecule has 112 valence electrons. The maximum atomic E-state index is 13.3. The molecule has 0 aliphatic rings. The normalized spacial score (nSPS) is 11.0. The third kappa shape index (κ3) is 4.29. The fraction of sp³-hybridized carbons (Fsp3) is 0.294. The first kappa shape index (κ1) is 16.0. The third-order valence-corrected chi connectivity index (χ3v) is 4.06. The van der Waals surface area contributed by atoms with Gasteiger partial charge in [-0.05, 0) is 35.9 Å². The highest BCUT2D eigenvalue weighted by Crippen LogP contribution is 2.28. The SMILES string of the molecule is CC(C)NCc1ccc(N(C)c2cccc(F)c2)cc1Br. The van der Waals surface area contributed by atoms with E-state index in [1.807, 2.05) is 24.1 Å². The third-order valence-electron chi connectivity index (χ3n) is 3.32. The summed E-state index contributed by atoms with van der Waals surface area (Å²) in [4.78, 5) is 1.97. The maximum Gasteiger partial charge on any atom is 0.125 e. The molecule has 0 atom stereocenters. The van der Waals surface area contributed by atoms with Gasteiger partial charge in [0.2, 0.25) is 0 Å². The molecule has 2 nitrogen and oxygen atoms in total. The number of halogens is 2. The molecular weight excluding hydrogens is 331 g/mol. The predicted octanol–water partition coefficient (Wildman–Crippen LogP) is 4.85. The molecule has 2 rings (SSSR count). The van der Waals surface area contributed by atoms with Gasteiger partial charge in [-0.1, -0.05) is 41.9 Å². The van der Waals surface area contributed by atoms with Crippen molar-refractivity contribution in [3.8, 4) is 0 Å². The zero-order valence-corrected chi connectivity index (χ0v) is 14.1. The first-order valence-electron chi connectivity index (χ1n) is 6.98. The molecule has 2 aromatic carbocycles. The minimum Gasteiger partial charge on any atom is -0.345 e. The minimum absolute atomic E-state index is 0.226. The van der Waals surface area contributed by atoms with Crippen LogP contribution in [0.1, 0.15) is 19.4 Å². The van der Waals surface area contributed by atoms with Gasteiger partial charge in [-0.2, -0.15) is 0 Å². The molecule has 0 amide bonds. The Labute approximate surface area is 134 Å². The highest BCUT2D eigenvalue weighted by molar-refractivity contribution is 9.10. The maximum absolute atomic E-state index is 13.3. The smallest absolute Gasteiger partial charge is 0.125 e. The number of hydrogen-bond acceptors (Lipinski definition) is 2. The van der Waals surface area contributed by atoms with E-state index in [0.29, 0.717) is 6.04 Å². The molecule has 1 N–H and O–H groups in total. The summed E-state index contributed by atoms with van der Waals surface area (Å²) in [7, 11) is 1.93. The Balaban J connectivity index is 2.19. The standard InChI is InChI=1S/C17H20BrFN2/c1-12(2)20-11-13-7-8-16(10-17(13)18)21(3)15-6-4-5-14(19)9-15/h4-10,12,20H,11H2,1-3H3. The van der Waals surface area contributed by atoms with Gasteiger partial charge >= 0.3 is 0 Å². The number of anilines is 2. The highest BCUT2D eigenvalue weighted by atomic mass is 79.9. The largest absolute Gasteiger partial charge is 0.345 e. The van der Waals surface area contributed by atoms with Crippen LogP contribution in [0, 0.1) is 5.82 Å². The number of nitrogens with one attached hydrogen (secondary N) is 1. The Morgan fingerprint density at radius 1 is 1.14 bits per heavy atom. The van der Waals surface area contributed by atoms with Crippen molar-refractivity contribution in [3.63, 3.8) is 0 Å². The van der Waals surface area contributed by atoms with Gasteiger partial charge in [-0.3, -0.25) is 0 Å². The molecule has 0 aromatic heterocycles.